The second-order valence-electron chi connectivity index (χ2n) is 4.18. The van der Waals surface area contributed by atoms with Crippen molar-refractivity contribution in [2.75, 3.05) is 36.8 Å². The van der Waals surface area contributed by atoms with Crippen molar-refractivity contribution >= 4 is 22.5 Å². The average Bonchev–Trinajstić information content (AvgIpc) is 2.39. The Balaban J connectivity index is 2.13. The lowest BCUT2D eigenvalue weighted by molar-refractivity contribution is 0.586. The van der Waals surface area contributed by atoms with E-state index in [0.717, 1.165) is 42.9 Å². The standard InChI is InChI=1S/C12H15N5/c13-10-8-9-2-1-3-15-11(9)12(16-10)17-6-4-14-5-7-17/h1-3,8,14H,4-7H2,(H2,13,16). The van der Waals surface area contributed by atoms with Crippen molar-refractivity contribution in [3.05, 3.63) is 24.4 Å². The van der Waals surface area contributed by atoms with Crippen molar-refractivity contribution in [2.45, 2.75) is 0 Å². The van der Waals surface area contributed by atoms with Gasteiger partial charge >= 0.3 is 0 Å². The van der Waals surface area contributed by atoms with Crippen LogP contribution in [0.3, 0.4) is 0 Å². The third kappa shape index (κ3) is 1.89. The van der Waals surface area contributed by atoms with Crippen molar-refractivity contribution in [1.29, 1.82) is 0 Å². The van der Waals surface area contributed by atoms with Crippen LogP contribution in [0.15, 0.2) is 24.4 Å². The molecule has 1 fully saturated rings. The summed E-state index contributed by atoms with van der Waals surface area (Å²) in [5.41, 5.74) is 6.78. The fraction of sp³-hybridized carbons (Fsp3) is 0.333. The van der Waals surface area contributed by atoms with Gasteiger partial charge in [0.05, 0.1) is 0 Å². The highest BCUT2D eigenvalue weighted by molar-refractivity contribution is 5.90. The van der Waals surface area contributed by atoms with Gasteiger partial charge in [-0.1, -0.05) is 6.07 Å². The van der Waals surface area contributed by atoms with Gasteiger partial charge in [-0.2, -0.15) is 0 Å². The van der Waals surface area contributed by atoms with Crippen LogP contribution in [0.5, 0.6) is 0 Å². The van der Waals surface area contributed by atoms with Crippen LogP contribution < -0.4 is 16.0 Å². The fourth-order valence-electron chi connectivity index (χ4n) is 2.18. The lowest BCUT2D eigenvalue weighted by Crippen LogP contribution is -2.44. The van der Waals surface area contributed by atoms with Gasteiger partial charge in [-0.15, -0.1) is 0 Å². The maximum atomic E-state index is 5.85. The van der Waals surface area contributed by atoms with Gasteiger partial charge < -0.3 is 16.0 Å². The summed E-state index contributed by atoms with van der Waals surface area (Å²) in [6, 6.07) is 5.81. The first-order valence-electron chi connectivity index (χ1n) is 5.81. The molecule has 3 heterocycles. The lowest BCUT2D eigenvalue weighted by atomic mass is 10.2. The van der Waals surface area contributed by atoms with Gasteiger partial charge in [0.15, 0.2) is 5.82 Å². The second-order valence-corrected chi connectivity index (χ2v) is 4.18. The minimum Gasteiger partial charge on any atom is -0.384 e. The molecule has 0 amide bonds. The number of anilines is 2. The normalized spacial score (nSPS) is 16.4. The van der Waals surface area contributed by atoms with Crippen LogP contribution in [0.4, 0.5) is 11.6 Å². The summed E-state index contributed by atoms with van der Waals surface area (Å²) in [5.74, 6) is 1.46. The SMILES string of the molecule is Nc1cc2cccnc2c(N2CCNCC2)n1. The number of aromatic nitrogens is 2. The molecule has 5 nitrogen and oxygen atoms in total. The number of nitrogens with one attached hydrogen (secondary N) is 1. The summed E-state index contributed by atoms with van der Waals surface area (Å²) >= 11 is 0. The molecule has 1 aliphatic heterocycles. The highest BCUT2D eigenvalue weighted by Crippen LogP contribution is 2.24. The number of hydrogen-bond acceptors (Lipinski definition) is 5. The van der Waals surface area contributed by atoms with Crippen LogP contribution in [-0.2, 0) is 0 Å². The molecule has 0 saturated carbocycles. The minimum absolute atomic E-state index is 0.555. The van der Waals surface area contributed by atoms with E-state index in [4.69, 9.17) is 5.73 Å². The first-order valence-corrected chi connectivity index (χ1v) is 5.81. The summed E-state index contributed by atoms with van der Waals surface area (Å²) < 4.78 is 0. The fourth-order valence-corrected chi connectivity index (χ4v) is 2.18. The van der Waals surface area contributed by atoms with E-state index < -0.39 is 0 Å². The monoisotopic (exact) mass is 229 g/mol. The first-order chi connectivity index (χ1) is 8.34. The van der Waals surface area contributed by atoms with Crippen LogP contribution >= 0.6 is 0 Å². The predicted octanol–water partition coefficient (Wildman–Crippen LogP) is 0.622. The Kier molecular flexibility index (Phi) is 2.53. The zero-order chi connectivity index (χ0) is 11.7. The molecule has 0 aliphatic carbocycles. The molecule has 1 aliphatic rings. The molecular formula is C12H15N5. The Morgan fingerprint density at radius 1 is 1.29 bits per heavy atom. The summed E-state index contributed by atoms with van der Waals surface area (Å²) in [6.07, 6.45) is 1.80. The summed E-state index contributed by atoms with van der Waals surface area (Å²) in [6.45, 7) is 3.85. The molecule has 0 spiro atoms. The molecule has 0 unspecified atom stereocenters. The topological polar surface area (TPSA) is 67.1 Å². The van der Waals surface area contributed by atoms with E-state index >= 15 is 0 Å². The Hall–Kier alpha value is -1.88. The van der Waals surface area contributed by atoms with Crippen LogP contribution in [0.1, 0.15) is 0 Å². The number of nitrogen functional groups attached to an aromatic ring is 1. The average molecular weight is 229 g/mol. The maximum absolute atomic E-state index is 5.85. The third-order valence-electron chi connectivity index (χ3n) is 3.01. The van der Waals surface area contributed by atoms with E-state index in [1.165, 1.54) is 0 Å². The molecule has 5 heteroatoms. The van der Waals surface area contributed by atoms with E-state index in [0.29, 0.717) is 5.82 Å². The number of nitrogens with zero attached hydrogens (tertiary/aromatic N) is 3. The Bertz CT molecular complexity index is 533. The molecule has 2 aromatic rings. The minimum atomic E-state index is 0.555. The third-order valence-corrected chi connectivity index (χ3v) is 3.01. The molecule has 3 N–H and O–H groups in total. The summed E-state index contributed by atoms with van der Waals surface area (Å²) in [5, 5.41) is 4.38. The summed E-state index contributed by atoms with van der Waals surface area (Å²) in [4.78, 5) is 11.1. The van der Waals surface area contributed by atoms with Crippen molar-refractivity contribution < 1.29 is 0 Å². The first kappa shape index (κ1) is 10.3. The van der Waals surface area contributed by atoms with Crippen molar-refractivity contribution in [3.63, 3.8) is 0 Å². The smallest absolute Gasteiger partial charge is 0.157 e. The summed E-state index contributed by atoms with van der Waals surface area (Å²) in [7, 11) is 0. The van der Waals surface area contributed by atoms with Gasteiger partial charge in [0.2, 0.25) is 0 Å². The Labute approximate surface area is 99.7 Å². The predicted molar refractivity (Wildman–Crippen MR) is 69.0 cm³/mol. The number of fused-ring (bicyclic) bond motifs is 1. The number of nitrogens with two attached hydrogens (primary N) is 1. The van der Waals surface area contributed by atoms with Gasteiger partial charge in [0.1, 0.15) is 11.3 Å². The molecule has 0 atom stereocenters. The molecular weight excluding hydrogens is 214 g/mol. The highest BCUT2D eigenvalue weighted by atomic mass is 15.2. The molecule has 3 rings (SSSR count). The van der Waals surface area contributed by atoms with Gasteiger partial charge in [0, 0.05) is 37.8 Å². The Morgan fingerprint density at radius 2 is 2.12 bits per heavy atom. The molecule has 0 aromatic carbocycles. The highest BCUT2D eigenvalue weighted by Gasteiger charge is 2.15. The van der Waals surface area contributed by atoms with Crippen LogP contribution in [0, 0.1) is 0 Å². The maximum Gasteiger partial charge on any atom is 0.157 e. The van der Waals surface area contributed by atoms with Crippen molar-refractivity contribution in [3.8, 4) is 0 Å². The molecule has 88 valence electrons. The van der Waals surface area contributed by atoms with Crippen molar-refractivity contribution in [1.82, 2.24) is 15.3 Å². The van der Waals surface area contributed by atoms with Gasteiger partial charge in [-0.05, 0) is 12.1 Å². The molecule has 0 radical (unpaired) electrons. The van der Waals surface area contributed by atoms with Crippen LogP contribution in [0.25, 0.3) is 10.9 Å². The van der Waals surface area contributed by atoms with Crippen LogP contribution in [0.2, 0.25) is 0 Å². The second kappa shape index (κ2) is 4.18. The van der Waals surface area contributed by atoms with Gasteiger partial charge in [-0.25, -0.2) is 4.98 Å². The van der Waals surface area contributed by atoms with E-state index in [1.54, 1.807) is 6.20 Å². The van der Waals surface area contributed by atoms with E-state index in [1.807, 2.05) is 18.2 Å². The molecule has 17 heavy (non-hydrogen) atoms. The number of piperazine rings is 1. The zero-order valence-electron chi connectivity index (χ0n) is 9.56. The Morgan fingerprint density at radius 3 is 2.94 bits per heavy atom. The van der Waals surface area contributed by atoms with E-state index in [9.17, 15) is 0 Å². The van der Waals surface area contributed by atoms with Gasteiger partial charge in [0.25, 0.3) is 0 Å². The lowest BCUT2D eigenvalue weighted by Gasteiger charge is -2.29. The van der Waals surface area contributed by atoms with Crippen LogP contribution in [-0.4, -0.2) is 36.1 Å². The molecule has 0 bridgehead atoms. The van der Waals surface area contributed by atoms with E-state index in [-0.39, 0.29) is 0 Å². The number of pyridine rings is 2. The van der Waals surface area contributed by atoms with E-state index in [2.05, 4.69) is 20.2 Å². The van der Waals surface area contributed by atoms with Gasteiger partial charge in [-0.3, -0.25) is 4.98 Å². The number of hydrogen-bond donors (Lipinski definition) is 2. The zero-order valence-corrected chi connectivity index (χ0v) is 9.56. The number of rotatable bonds is 1. The van der Waals surface area contributed by atoms with Crippen molar-refractivity contribution in [2.24, 2.45) is 0 Å². The molecule has 2 aromatic heterocycles. The quantitative estimate of drug-likeness (QED) is 0.750. The largest absolute Gasteiger partial charge is 0.384 e. The molecule has 1 saturated heterocycles.